The molecule has 0 saturated heterocycles. The molecule has 0 unspecified atom stereocenters. The van der Waals surface area contributed by atoms with Crippen LogP contribution in [0, 0.1) is 17.1 Å². The van der Waals surface area contributed by atoms with Gasteiger partial charge in [-0.15, -0.1) is 0 Å². The van der Waals surface area contributed by atoms with Crippen molar-refractivity contribution in [2.45, 2.75) is 26.2 Å². The minimum atomic E-state index is -0.702. The number of hydrogen-bond donors (Lipinski definition) is 0. The third-order valence-electron chi connectivity index (χ3n) is 3.31. The molecule has 0 bridgehead atoms. The highest BCUT2D eigenvalue weighted by atomic mass is 19.1. The third kappa shape index (κ3) is 3.70. The van der Waals surface area contributed by atoms with Crippen molar-refractivity contribution in [1.29, 1.82) is 5.26 Å². The van der Waals surface area contributed by atoms with Gasteiger partial charge in [0.05, 0.1) is 11.1 Å². The van der Waals surface area contributed by atoms with Gasteiger partial charge in [0, 0.05) is 6.07 Å². The summed E-state index contributed by atoms with van der Waals surface area (Å²) in [7, 11) is 0. The zero-order valence-electron chi connectivity index (χ0n) is 12.3. The number of halogens is 1. The van der Waals surface area contributed by atoms with E-state index in [1.165, 1.54) is 12.1 Å². The van der Waals surface area contributed by atoms with Crippen LogP contribution in [0.25, 0.3) is 0 Å². The number of nitrogens with zero attached hydrogens (tertiary/aromatic N) is 1. The maximum absolute atomic E-state index is 13.5. The zero-order valence-corrected chi connectivity index (χ0v) is 12.3. The van der Waals surface area contributed by atoms with Crippen molar-refractivity contribution in [3.8, 4) is 11.8 Å². The van der Waals surface area contributed by atoms with Crippen molar-refractivity contribution in [3.63, 3.8) is 0 Å². The maximum atomic E-state index is 13.5. The highest BCUT2D eigenvalue weighted by Crippen LogP contribution is 2.19. The molecule has 0 aliphatic rings. The van der Waals surface area contributed by atoms with Crippen LogP contribution >= 0.6 is 0 Å². The maximum Gasteiger partial charge on any atom is 0.343 e. The van der Waals surface area contributed by atoms with E-state index in [4.69, 9.17) is 10.00 Å². The molecule has 0 atom stereocenters. The summed E-state index contributed by atoms with van der Waals surface area (Å²) in [4.78, 5) is 12.3. The molecular weight excluding hydrogens is 281 g/mol. The highest BCUT2D eigenvalue weighted by molar-refractivity contribution is 5.92. The Labute approximate surface area is 129 Å². The van der Waals surface area contributed by atoms with E-state index in [1.54, 1.807) is 18.2 Å². The molecular formula is C18H16FNO2. The third-order valence-corrected chi connectivity index (χ3v) is 3.31. The van der Waals surface area contributed by atoms with Crippen LogP contribution in [-0.4, -0.2) is 5.97 Å². The zero-order chi connectivity index (χ0) is 15.9. The molecule has 0 amide bonds. The molecule has 0 N–H and O–H groups in total. The Bertz CT molecular complexity index is 719. The van der Waals surface area contributed by atoms with Crippen molar-refractivity contribution >= 4 is 5.97 Å². The van der Waals surface area contributed by atoms with Crippen LogP contribution in [-0.2, 0) is 6.42 Å². The summed E-state index contributed by atoms with van der Waals surface area (Å²) in [5.41, 5.74) is 1.33. The molecule has 2 rings (SSSR count). The van der Waals surface area contributed by atoms with Crippen molar-refractivity contribution in [2.75, 3.05) is 0 Å². The smallest absolute Gasteiger partial charge is 0.343 e. The predicted molar refractivity (Wildman–Crippen MR) is 81.1 cm³/mol. The lowest BCUT2D eigenvalue weighted by Crippen LogP contribution is -2.11. The van der Waals surface area contributed by atoms with E-state index < -0.39 is 11.8 Å². The van der Waals surface area contributed by atoms with E-state index in [-0.39, 0.29) is 11.3 Å². The number of carbonyl (C=O) groups excluding carboxylic acids is 1. The molecule has 112 valence electrons. The molecule has 0 heterocycles. The summed E-state index contributed by atoms with van der Waals surface area (Å²) >= 11 is 0. The largest absolute Gasteiger partial charge is 0.423 e. The van der Waals surface area contributed by atoms with E-state index >= 15 is 0 Å². The fourth-order valence-electron chi connectivity index (χ4n) is 2.12. The second-order valence-electron chi connectivity index (χ2n) is 4.90. The van der Waals surface area contributed by atoms with Crippen LogP contribution in [0.15, 0.2) is 42.5 Å². The first-order chi connectivity index (χ1) is 10.7. The molecule has 0 aliphatic heterocycles. The number of carbonyl (C=O) groups is 1. The number of nitriles is 1. The Morgan fingerprint density at radius 2 is 2.05 bits per heavy atom. The molecule has 4 heteroatoms. The van der Waals surface area contributed by atoms with Gasteiger partial charge in [0.25, 0.3) is 0 Å². The number of benzene rings is 2. The first kappa shape index (κ1) is 15.7. The Kier molecular flexibility index (Phi) is 5.26. The van der Waals surface area contributed by atoms with Gasteiger partial charge >= 0.3 is 5.97 Å². The lowest BCUT2D eigenvalue weighted by atomic mass is 10.0. The van der Waals surface area contributed by atoms with E-state index in [0.29, 0.717) is 5.56 Å². The van der Waals surface area contributed by atoms with Gasteiger partial charge in [-0.2, -0.15) is 5.26 Å². The number of esters is 1. The summed E-state index contributed by atoms with van der Waals surface area (Å²) in [6.07, 6.45) is 2.81. The highest BCUT2D eigenvalue weighted by Gasteiger charge is 2.14. The van der Waals surface area contributed by atoms with Gasteiger partial charge in [-0.3, -0.25) is 0 Å². The molecule has 3 nitrogen and oxygen atoms in total. The summed E-state index contributed by atoms with van der Waals surface area (Å²) in [6.45, 7) is 2.08. The summed E-state index contributed by atoms with van der Waals surface area (Å²) < 4.78 is 18.7. The number of hydrogen-bond acceptors (Lipinski definition) is 3. The molecule has 0 aromatic heterocycles. The van der Waals surface area contributed by atoms with Crippen LogP contribution < -0.4 is 4.74 Å². The van der Waals surface area contributed by atoms with Crippen LogP contribution in [0.3, 0.4) is 0 Å². The standard InChI is InChI=1S/C18H16FNO2/c1-2-3-6-13-7-4-5-8-16(13)18(21)22-15-10-9-14(12-20)17(19)11-15/h4-5,7-11H,2-3,6H2,1H3. The van der Waals surface area contributed by atoms with Gasteiger partial charge < -0.3 is 4.74 Å². The van der Waals surface area contributed by atoms with Gasteiger partial charge in [-0.1, -0.05) is 31.5 Å². The van der Waals surface area contributed by atoms with Gasteiger partial charge in [0.1, 0.15) is 17.6 Å². The molecule has 0 fully saturated rings. The van der Waals surface area contributed by atoms with Gasteiger partial charge in [0.2, 0.25) is 0 Å². The van der Waals surface area contributed by atoms with Gasteiger partial charge in [0.15, 0.2) is 0 Å². The van der Waals surface area contributed by atoms with E-state index in [0.717, 1.165) is 30.9 Å². The number of unbranched alkanes of at least 4 members (excludes halogenated alkanes) is 1. The first-order valence-corrected chi connectivity index (χ1v) is 7.15. The van der Waals surface area contributed by atoms with E-state index in [1.807, 2.05) is 12.1 Å². The van der Waals surface area contributed by atoms with Crippen LogP contribution in [0.4, 0.5) is 4.39 Å². The molecule has 0 aliphatic carbocycles. The topological polar surface area (TPSA) is 50.1 Å². The first-order valence-electron chi connectivity index (χ1n) is 7.15. The minimum absolute atomic E-state index is 0.0804. The molecule has 0 spiro atoms. The molecule has 2 aromatic carbocycles. The van der Waals surface area contributed by atoms with Crippen LogP contribution in [0.2, 0.25) is 0 Å². The lowest BCUT2D eigenvalue weighted by molar-refractivity contribution is 0.0733. The monoisotopic (exact) mass is 297 g/mol. The molecule has 0 radical (unpaired) electrons. The van der Waals surface area contributed by atoms with E-state index in [9.17, 15) is 9.18 Å². The number of rotatable bonds is 5. The molecule has 0 saturated carbocycles. The van der Waals surface area contributed by atoms with Gasteiger partial charge in [-0.05, 0) is 36.6 Å². The second-order valence-corrected chi connectivity index (χ2v) is 4.90. The summed E-state index contributed by atoms with van der Waals surface area (Å²) in [6, 6.07) is 12.7. The predicted octanol–water partition coefficient (Wildman–Crippen LogP) is 4.26. The molecule has 22 heavy (non-hydrogen) atoms. The van der Waals surface area contributed by atoms with Crippen LogP contribution in [0.1, 0.15) is 41.3 Å². The quantitative estimate of drug-likeness (QED) is 0.612. The summed E-state index contributed by atoms with van der Waals surface area (Å²) in [5, 5.41) is 8.69. The number of ether oxygens (including phenoxy) is 1. The molecule has 2 aromatic rings. The average Bonchev–Trinajstić information content (AvgIpc) is 2.53. The Hall–Kier alpha value is -2.67. The summed E-state index contributed by atoms with van der Waals surface area (Å²) in [5.74, 6) is -1.13. The Morgan fingerprint density at radius 3 is 2.73 bits per heavy atom. The van der Waals surface area contributed by atoms with Crippen molar-refractivity contribution in [1.82, 2.24) is 0 Å². The normalized spacial score (nSPS) is 10.0. The van der Waals surface area contributed by atoms with Crippen LogP contribution in [0.5, 0.6) is 5.75 Å². The fraction of sp³-hybridized carbons (Fsp3) is 0.222. The fourth-order valence-corrected chi connectivity index (χ4v) is 2.12. The van der Waals surface area contributed by atoms with Crippen molar-refractivity contribution < 1.29 is 13.9 Å². The van der Waals surface area contributed by atoms with Crippen molar-refractivity contribution in [3.05, 3.63) is 65.0 Å². The second kappa shape index (κ2) is 7.37. The Balaban J connectivity index is 2.19. The Morgan fingerprint density at radius 1 is 1.27 bits per heavy atom. The average molecular weight is 297 g/mol. The SMILES string of the molecule is CCCCc1ccccc1C(=O)Oc1ccc(C#N)c(F)c1. The van der Waals surface area contributed by atoms with E-state index in [2.05, 4.69) is 6.92 Å². The minimum Gasteiger partial charge on any atom is -0.423 e. The van der Waals surface area contributed by atoms with Crippen molar-refractivity contribution in [2.24, 2.45) is 0 Å². The lowest BCUT2D eigenvalue weighted by Gasteiger charge is -2.09. The number of aryl methyl sites for hydroxylation is 1. The van der Waals surface area contributed by atoms with Gasteiger partial charge in [-0.25, -0.2) is 9.18 Å².